The fraction of sp³-hybridized carbons (Fsp3) is 0.600. The fourth-order valence-corrected chi connectivity index (χ4v) is 2.35. The first kappa shape index (κ1) is 12.6. The molecule has 0 aliphatic carbocycles. The van der Waals surface area contributed by atoms with Crippen LogP contribution in [0.4, 0.5) is 0 Å². The Morgan fingerprint density at radius 2 is 2.12 bits per heavy atom. The molecule has 1 heterocycles. The second kappa shape index (κ2) is 4.79. The highest BCUT2D eigenvalue weighted by Gasteiger charge is 2.20. The molecule has 0 bridgehead atoms. The molecule has 2 nitrogen and oxygen atoms in total. The van der Waals surface area contributed by atoms with E-state index in [0.29, 0.717) is 0 Å². The third-order valence-electron chi connectivity index (χ3n) is 3.45. The van der Waals surface area contributed by atoms with Crippen molar-refractivity contribution < 1.29 is 5.11 Å². The van der Waals surface area contributed by atoms with Crippen LogP contribution >= 0.6 is 0 Å². The zero-order chi connectivity index (χ0) is 12.5. The monoisotopic (exact) mass is 233 g/mol. The number of nitrogens with zero attached hydrogens (tertiary/aromatic N) is 1. The molecule has 0 aromatic heterocycles. The lowest BCUT2D eigenvalue weighted by Gasteiger charge is -2.21. The van der Waals surface area contributed by atoms with E-state index in [2.05, 4.69) is 49.9 Å². The topological polar surface area (TPSA) is 23.5 Å². The Morgan fingerprint density at radius 3 is 2.71 bits per heavy atom. The molecule has 1 saturated heterocycles. The maximum absolute atomic E-state index is 9.52. The predicted octanol–water partition coefficient (Wildman–Crippen LogP) is 2.55. The third-order valence-corrected chi connectivity index (χ3v) is 3.45. The van der Waals surface area contributed by atoms with Gasteiger partial charge < -0.3 is 5.11 Å². The molecule has 1 atom stereocenters. The van der Waals surface area contributed by atoms with Gasteiger partial charge in [-0.05, 0) is 23.0 Å². The molecule has 0 radical (unpaired) electrons. The zero-order valence-corrected chi connectivity index (χ0v) is 11.1. The van der Waals surface area contributed by atoms with Crippen LogP contribution in [0.5, 0.6) is 0 Å². The standard InChI is InChI=1S/C15H23NO/c1-15(2,3)13-6-4-5-12(9-13)10-16-8-7-14(17)11-16/h4-6,9,14,17H,7-8,10-11H2,1-3H3/t14-/m1/s1. The SMILES string of the molecule is CC(C)(C)c1cccc(CN2CC[C@@H](O)C2)c1. The summed E-state index contributed by atoms with van der Waals surface area (Å²) in [6.07, 6.45) is 0.791. The van der Waals surface area contributed by atoms with Crippen molar-refractivity contribution in [2.75, 3.05) is 13.1 Å². The molecule has 1 aliphatic heterocycles. The van der Waals surface area contributed by atoms with Crippen LogP contribution in [0.25, 0.3) is 0 Å². The number of β-amino-alcohol motifs (C(OH)–C–C–N with tert-alkyl or cyclic N) is 1. The highest BCUT2D eigenvalue weighted by Crippen LogP contribution is 2.23. The number of hydrogen-bond donors (Lipinski definition) is 1. The first-order valence-corrected chi connectivity index (χ1v) is 6.45. The van der Waals surface area contributed by atoms with Gasteiger partial charge in [0, 0.05) is 19.6 Å². The van der Waals surface area contributed by atoms with Crippen LogP contribution in [0.3, 0.4) is 0 Å². The Labute approximate surface area is 104 Å². The van der Waals surface area contributed by atoms with Gasteiger partial charge in [0.15, 0.2) is 0 Å². The van der Waals surface area contributed by atoms with Crippen molar-refractivity contribution in [3.8, 4) is 0 Å². The molecular weight excluding hydrogens is 210 g/mol. The Balaban J connectivity index is 2.06. The molecule has 0 unspecified atom stereocenters. The maximum atomic E-state index is 9.52. The highest BCUT2D eigenvalue weighted by molar-refractivity contribution is 5.28. The highest BCUT2D eigenvalue weighted by atomic mass is 16.3. The van der Waals surface area contributed by atoms with Crippen LogP contribution in [-0.4, -0.2) is 29.2 Å². The minimum absolute atomic E-state index is 0.124. The van der Waals surface area contributed by atoms with Gasteiger partial charge in [0.05, 0.1) is 6.10 Å². The maximum Gasteiger partial charge on any atom is 0.0679 e. The molecule has 1 aromatic carbocycles. The smallest absolute Gasteiger partial charge is 0.0679 e. The van der Waals surface area contributed by atoms with Crippen LogP contribution in [0.1, 0.15) is 38.3 Å². The molecular formula is C15H23NO. The van der Waals surface area contributed by atoms with Crippen molar-refractivity contribution in [1.82, 2.24) is 4.90 Å². The summed E-state index contributed by atoms with van der Waals surface area (Å²) in [6.45, 7) is 9.52. The predicted molar refractivity (Wildman–Crippen MR) is 71.0 cm³/mol. The normalized spacial score (nSPS) is 22.0. The quantitative estimate of drug-likeness (QED) is 0.848. The van der Waals surface area contributed by atoms with Gasteiger partial charge in [-0.25, -0.2) is 0 Å². The third kappa shape index (κ3) is 3.30. The summed E-state index contributed by atoms with van der Waals surface area (Å²) in [5, 5.41) is 9.52. The van der Waals surface area contributed by atoms with Crippen molar-refractivity contribution in [3.05, 3.63) is 35.4 Å². The van der Waals surface area contributed by atoms with Gasteiger partial charge in [-0.1, -0.05) is 45.0 Å². The van der Waals surface area contributed by atoms with Gasteiger partial charge in [0.1, 0.15) is 0 Å². The molecule has 1 aliphatic rings. The van der Waals surface area contributed by atoms with E-state index in [1.807, 2.05) is 0 Å². The van der Waals surface area contributed by atoms with Crippen molar-refractivity contribution in [2.45, 2.75) is 45.3 Å². The number of aliphatic hydroxyl groups is 1. The minimum atomic E-state index is -0.124. The Kier molecular flexibility index (Phi) is 3.55. The van der Waals surface area contributed by atoms with E-state index in [0.717, 1.165) is 26.1 Å². The summed E-state index contributed by atoms with van der Waals surface area (Å²) in [6, 6.07) is 8.81. The number of likely N-dealkylation sites (tertiary alicyclic amines) is 1. The van der Waals surface area contributed by atoms with E-state index in [-0.39, 0.29) is 11.5 Å². The number of aliphatic hydroxyl groups excluding tert-OH is 1. The first-order chi connectivity index (χ1) is 7.95. The minimum Gasteiger partial charge on any atom is -0.392 e. The Morgan fingerprint density at radius 1 is 1.35 bits per heavy atom. The molecule has 1 N–H and O–H groups in total. The summed E-state index contributed by atoms with van der Waals surface area (Å²) >= 11 is 0. The van der Waals surface area contributed by atoms with Gasteiger partial charge in [-0.15, -0.1) is 0 Å². The largest absolute Gasteiger partial charge is 0.392 e. The summed E-state index contributed by atoms with van der Waals surface area (Å²) in [5.41, 5.74) is 2.95. The molecule has 2 rings (SSSR count). The second-order valence-electron chi connectivity index (χ2n) is 6.13. The van der Waals surface area contributed by atoms with Crippen LogP contribution in [0, 0.1) is 0 Å². The lowest BCUT2D eigenvalue weighted by molar-refractivity contribution is 0.175. The molecule has 1 aromatic rings. The van der Waals surface area contributed by atoms with E-state index in [1.54, 1.807) is 0 Å². The van der Waals surface area contributed by atoms with Gasteiger partial charge in [0.25, 0.3) is 0 Å². The van der Waals surface area contributed by atoms with E-state index in [9.17, 15) is 5.11 Å². The molecule has 2 heteroatoms. The van der Waals surface area contributed by atoms with Crippen LogP contribution in [0.15, 0.2) is 24.3 Å². The number of hydrogen-bond acceptors (Lipinski definition) is 2. The van der Waals surface area contributed by atoms with Gasteiger partial charge in [0.2, 0.25) is 0 Å². The van der Waals surface area contributed by atoms with Crippen LogP contribution in [0.2, 0.25) is 0 Å². The lowest BCUT2D eigenvalue weighted by Crippen LogP contribution is -2.22. The molecule has 17 heavy (non-hydrogen) atoms. The number of rotatable bonds is 2. The van der Waals surface area contributed by atoms with E-state index in [4.69, 9.17) is 0 Å². The van der Waals surface area contributed by atoms with Crippen molar-refractivity contribution in [3.63, 3.8) is 0 Å². The molecule has 94 valence electrons. The van der Waals surface area contributed by atoms with E-state index < -0.39 is 0 Å². The van der Waals surface area contributed by atoms with Crippen LogP contribution in [-0.2, 0) is 12.0 Å². The second-order valence-corrected chi connectivity index (χ2v) is 6.13. The van der Waals surface area contributed by atoms with E-state index >= 15 is 0 Å². The Hall–Kier alpha value is -0.860. The summed E-state index contributed by atoms with van der Waals surface area (Å²) in [7, 11) is 0. The Bertz CT molecular complexity index is 381. The summed E-state index contributed by atoms with van der Waals surface area (Å²) in [4.78, 5) is 2.33. The van der Waals surface area contributed by atoms with E-state index in [1.165, 1.54) is 11.1 Å². The molecule has 0 spiro atoms. The summed E-state index contributed by atoms with van der Waals surface area (Å²) in [5.74, 6) is 0. The van der Waals surface area contributed by atoms with Crippen molar-refractivity contribution >= 4 is 0 Å². The van der Waals surface area contributed by atoms with Crippen molar-refractivity contribution in [2.24, 2.45) is 0 Å². The average Bonchev–Trinajstić information content (AvgIpc) is 2.63. The zero-order valence-electron chi connectivity index (χ0n) is 11.1. The average molecular weight is 233 g/mol. The van der Waals surface area contributed by atoms with Crippen molar-refractivity contribution in [1.29, 1.82) is 0 Å². The fourth-order valence-electron chi connectivity index (χ4n) is 2.35. The van der Waals surface area contributed by atoms with Crippen LogP contribution < -0.4 is 0 Å². The summed E-state index contributed by atoms with van der Waals surface area (Å²) < 4.78 is 0. The molecule has 0 saturated carbocycles. The van der Waals surface area contributed by atoms with Gasteiger partial charge in [-0.3, -0.25) is 4.90 Å². The molecule has 1 fully saturated rings. The lowest BCUT2D eigenvalue weighted by atomic mass is 9.86. The molecule has 0 amide bonds. The number of benzene rings is 1. The van der Waals surface area contributed by atoms with Gasteiger partial charge >= 0.3 is 0 Å². The first-order valence-electron chi connectivity index (χ1n) is 6.45. The van der Waals surface area contributed by atoms with Gasteiger partial charge in [-0.2, -0.15) is 0 Å².